The molecule has 2 fully saturated rings. The van der Waals surface area contributed by atoms with Gasteiger partial charge in [-0.15, -0.1) is 5.10 Å². The number of alkyl halides is 2. The zero-order chi connectivity index (χ0) is 13.7. The maximum atomic E-state index is 12.8. The van der Waals surface area contributed by atoms with Crippen LogP contribution >= 0.6 is 0 Å². The molecule has 0 atom stereocenters. The van der Waals surface area contributed by atoms with Gasteiger partial charge in [0.2, 0.25) is 11.8 Å². The van der Waals surface area contributed by atoms with E-state index in [-0.39, 0.29) is 23.8 Å². The van der Waals surface area contributed by atoms with Gasteiger partial charge in [0.05, 0.1) is 6.61 Å². The minimum absolute atomic E-state index is 0.0363. The molecule has 1 aromatic rings. The summed E-state index contributed by atoms with van der Waals surface area (Å²) in [6.07, 6.45) is 1.70. The summed E-state index contributed by atoms with van der Waals surface area (Å²) in [4.78, 5) is 11.1. The zero-order valence-corrected chi connectivity index (χ0v) is 10.7. The Morgan fingerprint density at radius 2 is 2.11 bits per heavy atom. The van der Waals surface area contributed by atoms with E-state index < -0.39 is 5.92 Å². The highest BCUT2D eigenvalue weighted by Crippen LogP contribution is 2.64. The number of aromatic nitrogens is 2. The summed E-state index contributed by atoms with van der Waals surface area (Å²) in [6.45, 7) is 0.485. The molecule has 0 aliphatic heterocycles. The molecule has 19 heavy (non-hydrogen) atoms. The quantitative estimate of drug-likeness (QED) is 0.843. The Morgan fingerprint density at radius 1 is 1.42 bits per heavy atom. The van der Waals surface area contributed by atoms with Gasteiger partial charge in [0.25, 0.3) is 5.56 Å². The van der Waals surface area contributed by atoms with Gasteiger partial charge in [0, 0.05) is 32.0 Å². The molecule has 1 aromatic heterocycles. The number of nitrogens with zero attached hydrogens (tertiary/aromatic N) is 2. The van der Waals surface area contributed by atoms with Crippen molar-refractivity contribution in [2.45, 2.75) is 31.6 Å². The molecule has 2 aliphatic carbocycles. The van der Waals surface area contributed by atoms with Crippen molar-refractivity contribution in [3.63, 3.8) is 0 Å². The predicted molar refractivity (Wildman–Crippen MR) is 64.3 cm³/mol. The van der Waals surface area contributed by atoms with Gasteiger partial charge in [0.1, 0.15) is 0 Å². The molecule has 6 heteroatoms. The third kappa shape index (κ3) is 2.35. The first kappa shape index (κ1) is 12.6. The van der Waals surface area contributed by atoms with Gasteiger partial charge in [0.15, 0.2) is 0 Å². The highest BCUT2D eigenvalue weighted by Gasteiger charge is 2.61. The van der Waals surface area contributed by atoms with Crippen molar-refractivity contribution in [3.05, 3.63) is 22.5 Å². The van der Waals surface area contributed by atoms with Crippen LogP contribution in [0.25, 0.3) is 0 Å². The summed E-state index contributed by atoms with van der Waals surface area (Å²) >= 11 is 0. The molecule has 0 amide bonds. The molecule has 0 N–H and O–H groups in total. The number of aryl methyl sites for hydroxylation is 1. The van der Waals surface area contributed by atoms with Gasteiger partial charge < -0.3 is 4.74 Å². The topological polar surface area (TPSA) is 44.1 Å². The fourth-order valence-corrected chi connectivity index (χ4v) is 3.38. The highest BCUT2D eigenvalue weighted by molar-refractivity contribution is 5.09. The lowest BCUT2D eigenvalue weighted by atomic mass is 9.50. The lowest BCUT2D eigenvalue weighted by Crippen LogP contribution is -2.54. The Morgan fingerprint density at radius 3 is 2.68 bits per heavy atom. The summed E-state index contributed by atoms with van der Waals surface area (Å²) in [5.74, 6) is -1.71. The molecule has 0 saturated heterocycles. The summed E-state index contributed by atoms with van der Waals surface area (Å²) in [5, 5.41) is 3.96. The van der Waals surface area contributed by atoms with E-state index in [1.165, 1.54) is 16.8 Å². The van der Waals surface area contributed by atoms with Crippen molar-refractivity contribution in [2.24, 2.45) is 18.4 Å². The van der Waals surface area contributed by atoms with E-state index >= 15 is 0 Å². The standard InChI is InChI=1S/C13H16F2N2O2/c1-17-11(18)3-2-10(16-17)19-6-9-4-12(5-9)7-13(14,15)8-12/h2-3,9H,4-8H2,1H3. The largest absolute Gasteiger partial charge is 0.476 e. The number of halogens is 2. The van der Waals surface area contributed by atoms with Crippen LogP contribution in [0.3, 0.4) is 0 Å². The van der Waals surface area contributed by atoms with E-state index in [9.17, 15) is 13.6 Å². The Labute approximate surface area is 109 Å². The van der Waals surface area contributed by atoms with Crippen LogP contribution in [0.4, 0.5) is 8.78 Å². The van der Waals surface area contributed by atoms with Crippen molar-refractivity contribution in [3.8, 4) is 5.88 Å². The van der Waals surface area contributed by atoms with Crippen molar-refractivity contribution in [1.82, 2.24) is 9.78 Å². The molecule has 1 heterocycles. The van der Waals surface area contributed by atoms with Gasteiger partial charge in [-0.25, -0.2) is 13.5 Å². The molecule has 1 spiro atoms. The van der Waals surface area contributed by atoms with E-state index in [4.69, 9.17) is 4.74 Å². The predicted octanol–water partition coefficient (Wildman–Crippen LogP) is 1.98. The van der Waals surface area contributed by atoms with Crippen LogP contribution < -0.4 is 10.3 Å². The summed E-state index contributed by atoms with van der Waals surface area (Å²) in [6, 6.07) is 2.94. The van der Waals surface area contributed by atoms with Crippen molar-refractivity contribution < 1.29 is 13.5 Å². The van der Waals surface area contributed by atoms with Crippen LogP contribution in [0.15, 0.2) is 16.9 Å². The minimum Gasteiger partial charge on any atom is -0.476 e. The minimum atomic E-state index is -2.44. The fraction of sp³-hybridized carbons (Fsp3) is 0.692. The molecule has 0 bridgehead atoms. The lowest BCUT2D eigenvalue weighted by molar-refractivity contribution is -0.209. The van der Waals surface area contributed by atoms with Gasteiger partial charge >= 0.3 is 0 Å². The maximum absolute atomic E-state index is 12.8. The van der Waals surface area contributed by atoms with E-state index in [0.29, 0.717) is 18.4 Å². The summed E-state index contributed by atoms with van der Waals surface area (Å²) in [5.41, 5.74) is -0.305. The fourth-order valence-electron chi connectivity index (χ4n) is 3.38. The second-order valence-corrected chi connectivity index (χ2v) is 5.93. The molecular formula is C13H16F2N2O2. The first-order valence-electron chi connectivity index (χ1n) is 6.43. The van der Waals surface area contributed by atoms with Gasteiger partial charge in [-0.3, -0.25) is 4.79 Å². The third-order valence-electron chi connectivity index (χ3n) is 4.11. The number of ether oxygens (including phenoxy) is 1. The zero-order valence-electron chi connectivity index (χ0n) is 10.7. The second-order valence-electron chi connectivity index (χ2n) is 5.93. The van der Waals surface area contributed by atoms with E-state index in [1.54, 1.807) is 7.05 Å². The van der Waals surface area contributed by atoms with Crippen LogP contribution in [0.5, 0.6) is 5.88 Å². The van der Waals surface area contributed by atoms with Crippen LogP contribution in [0.1, 0.15) is 25.7 Å². The Hall–Kier alpha value is -1.46. The molecule has 0 radical (unpaired) electrons. The SMILES string of the molecule is Cn1nc(OCC2CC3(C2)CC(F)(F)C3)ccc1=O. The average molecular weight is 270 g/mol. The molecule has 0 unspecified atom stereocenters. The number of hydrogen-bond donors (Lipinski definition) is 0. The molecule has 3 rings (SSSR count). The first-order valence-corrected chi connectivity index (χ1v) is 6.43. The van der Waals surface area contributed by atoms with Crippen molar-refractivity contribution in [2.75, 3.05) is 6.61 Å². The molecule has 104 valence electrons. The molecule has 2 aliphatic rings. The first-order chi connectivity index (χ1) is 8.88. The number of hydrogen-bond acceptors (Lipinski definition) is 3. The lowest BCUT2D eigenvalue weighted by Gasteiger charge is -2.57. The van der Waals surface area contributed by atoms with E-state index in [1.807, 2.05) is 0 Å². The van der Waals surface area contributed by atoms with Crippen LogP contribution in [-0.4, -0.2) is 22.3 Å². The Bertz CT molecular complexity index is 540. The van der Waals surface area contributed by atoms with E-state index in [2.05, 4.69) is 5.10 Å². The van der Waals surface area contributed by atoms with Gasteiger partial charge in [-0.05, 0) is 24.2 Å². The highest BCUT2D eigenvalue weighted by atomic mass is 19.3. The third-order valence-corrected chi connectivity index (χ3v) is 4.11. The Balaban J connectivity index is 1.47. The number of rotatable bonds is 3. The molecule has 4 nitrogen and oxygen atoms in total. The summed E-state index contributed by atoms with van der Waals surface area (Å²) in [7, 11) is 1.56. The Kier molecular flexibility index (Phi) is 2.66. The normalized spacial score (nSPS) is 23.7. The van der Waals surface area contributed by atoms with Crippen LogP contribution in [0, 0.1) is 11.3 Å². The van der Waals surface area contributed by atoms with Gasteiger partial charge in [-0.1, -0.05) is 0 Å². The smallest absolute Gasteiger partial charge is 0.266 e. The van der Waals surface area contributed by atoms with Crippen molar-refractivity contribution in [1.29, 1.82) is 0 Å². The average Bonchev–Trinajstić information content (AvgIpc) is 2.24. The molecular weight excluding hydrogens is 254 g/mol. The van der Waals surface area contributed by atoms with Gasteiger partial charge in [-0.2, -0.15) is 0 Å². The maximum Gasteiger partial charge on any atom is 0.266 e. The monoisotopic (exact) mass is 270 g/mol. The molecule has 0 aromatic carbocycles. The van der Waals surface area contributed by atoms with Crippen LogP contribution in [0.2, 0.25) is 0 Å². The van der Waals surface area contributed by atoms with Crippen molar-refractivity contribution >= 4 is 0 Å². The summed E-state index contributed by atoms with van der Waals surface area (Å²) < 4.78 is 32.4. The van der Waals surface area contributed by atoms with E-state index in [0.717, 1.165) is 12.8 Å². The van der Waals surface area contributed by atoms with Crippen LogP contribution in [-0.2, 0) is 7.05 Å². The molecule has 2 saturated carbocycles. The second kappa shape index (κ2) is 4.02.